The molecule has 3 N–H and O–H groups in total. The highest BCUT2D eigenvalue weighted by Crippen LogP contribution is 2.28. The molecule has 21 heavy (non-hydrogen) atoms. The normalized spacial score (nSPS) is 18.0. The van der Waals surface area contributed by atoms with Crippen LogP contribution >= 0.6 is 0 Å². The summed E-state index contributed by atoms with van der Waals surface area (Å²) in [6, 6.07) is -0.467. The van der Waals surface area contributed by atoms with E-state index >= 15 is 0 Å². The number of carbonyl (C=O) groups excluding carboxylic acids is 2. The molecule has 0 aromatic rings. The van der Waals surface area contributed by atoms with Crippen LogP contribution in [0.15, 0.2) is 0 Å². The van der Waals surface area contributed by atoms with Crippen LogP contribution in [0.4, 0.5) is 0 Å². The van der Waals surface area contributed by atoms with Crippen molar-refractivity contribution in [2.24, 2.45) is 11.8 Å². The first-order valence-corrected chi connectivity index (χ1v) is 7.69. The van der Waals surface area contributed by atoms with Crippen LogP contribution in [-0.4, -0.2) is 35.5 Å². The van der Waals surface area contributed by atoms with E-state index in [-0.39, 0.29) is 18.4 Å². The maximum Gasteiger partial charge on any atom is 0.308 e. The Bertz CT molecular complexity index is 378. The molecule has 0 bridgehead atoms. The van der Waals surface area contributed by atoms with Crippen molar-refractivity contribution in [3.8, 4) is 0 Å². The van der Waals surface area contributed by atoms with E-state index in [1.54, 1.807) is 6.92 Å². The Labute approximate surface area is 125 Å². The average Bonchev–Trinajstić information content (AvgIpc) is 2.95. The SMILES string of the molecule is CC(NC(=O)CNC(=O)CCC1CCCC1)C(C)C(=O)O. The molecule has 0 saturated heterocycles. The van der Waals surface area contributed by atoms with Gasteiger partial charge in [-0.2, -0.15) is 0 Å². The van der Waals surface area contributed by atoms with Gasteiger partial charge < -0.3 is 15.7 Å². The number of amides is 2. The lowest BCUT2D eigenvalue weighted by molar-refractivity contribution is -0.142. The lowest BCUT2D eigenvalue weighted by Crippen LogP contribution is -2.44. The summed E-state index contributed by atoms with van der Waals surface area (Å²) in [6.07, 6.45) is 6.28. The van der Waals surface area contributed by atoms with Gasteiger partial charge in [0.1, 0.15) is 0 Å². The van der Waals surface area contributed by atoms with Crippen LogP contribution in [0.2, 0.25) is 0 Å². The number of carboxylic acid groups (broad SMARTS) is 1. The summed E-state index contributed by atoms with van der Waals surface area (Å²) in [5.41, 5.74) is 0. The molecule has 0 spiro atoms. The molecule has 0 aromatic heterocycles. The van der Waals surface area contributed by atoms with E-state index in [1.165, 1.54) is 32.6 Å². The molecule has 0 heterocycles. The van der Waals surface area contributed by atoms with Crippen LogP contribution in [0.1, 0.15) is 52.4 Å². The van der Waals surface area contributed by atoms with Gasteiger partial charge in [-0.3, -0.25) is 14.4 Å². The molecule has 6 nitrogen and oxygen atoms in total. The molecule has 6 heteroatoms. The third-order valence-electron chi connectivity index (χ3n) is 4.23. The van der Waals surface area contributed by atoms with Gasteiger partial charge in [-0.25, -0.2) is 0 Å². The van der Waals surface area contributed by atoms with Gasteiger partial charge in [0.25, 0.3) is 0 Å². The molecular formula is C15H26N2O4. The van der Waals surface area contributed by atoms with Crippen molar-refractivity contribution >= 4 is 17.8 Å². The number of hydrogen-bond acceptors (Lipinski definition) is 3. The zero-order chi connectivity index (χ0) is 15.8. The first kappa shape index (κ1) is 17.5. The van der Waals surface area contributed by atoms with E-state index in [1.807, 2.05) is 0 Å². The summed E-state index contributed by atoms with van der Waals surface area (Å²) in [5.74, 6) is -1.43. The first-order valence-electron chi connectivity index (χ1n) is 7.69. The molecule has 120 valence electrons. The Morgan fingerprint density at radius 3 is 2.33 bits per heavy atom. The maximum atomic E-state index is 11.6. The quantitative estimate of drug-likeness (QED) is 0.629. The summed E-state index contributed by atoms with van der Waals surface area (Å²) in [6.45, 7) is 3.08. The van der Waals surface area contributed by atoms with Gasteiger partial charge in [-0.15, -0.1) is 0 Å². The predicted molar refractivity (Wildman–Crippen MR) is 78.6 cm³/mol. The number of hydrogen-bond donors (Lipinski definition) is 3. The molecular weight excluding hydrogens is 272 g/mol. The van der Waals surface area contributed by atoms with Crippen molar-refractivity contribution in [3.05, 3.63) is 0 Å². The highest BCUT2D eigenvalue weighted by molar-refractivity contribution is 5.85. The second-order valence-electron chi connectivity index (χ2n) is 5.95. The van der Waals surface area contributed by atoms with Crippen molar-refractivity contribution in [3.63, 3.8) is 0 Å². The van der Waals surface area contributed by atoms with Gasteiger partial charge in [-0.05, 0) is 26.2 Å². The topological polar surface area (TPSA) is 95.5 Å². The van der Waals surface area contributed by atoms with Gasteiger partial charge in [0.15, 0.2) is 0 Å². The van der Waals surface area contributed by atoms with Crippen LogP contribution in [0.3, 0.4) is 0 Å². The van der Waals surface area contributed by atoms with Gasteiger partial charge in [-0.1, -0.05) is 25.7 Å². The fourth-order valence-electron chi connectivity index (χ4n) is 2.55. The van der Waals surface area contributed by atoms with Gasteiger partial charge in [0.05, 0.1) is 12.5 Å². The van der Waals surface area contributed by atoms with Crippen molar-refractivity contribution < 1.29 is 19.5 Å². The molecule has 2 atom stereocenters. The lowest BCUT2D eigenvalue weighted by atomic mass is 10.0. The fourth-order valence-corrected chi connectivity index (χ4v) is 2.55. The highest BCUT2D eigenvalue weighted by Gasteiger charge is 2.21. The number of carbonyl (C=O) groups is 3. The summed E-state index contributed by atoms with van der Waals surface area (Å²) in [4.78, 5) is 34.1. The molecule has 1 rings (SSSR count). The minimum Gasteiger partial charge on any atom is -0.481 e. The minimum atomic E-state index is -0.955. The molecule has 1 aliphatic carbocycles. The summed E-state index contributed by atoms with van der Waals surface area (Å²) in [5, 5.41) is 14.0. The zero-order valence-corrected chi connectivity index (χ0v) is 12.9. The van der Waals surface area contributed by atoms with Crippen LogP contribution < -0.4 is 10.6 Å². The largest absolute Gasteiger partial charge is 0.481 e. The van der Waals surface area contributed by atoms with Crippen molar-refractivity contribution in [2.75, 3.05) is 6.54 Å². The van der Waals surface area contributed by atoms with Crippen LogP contribution in [-0.2, 0) is 14.4 Å². The van der Waals surface area contributed by atoms with Gasteiger partial charge in [0.2, 0.25) is 11.8 Å². The molecule has 1 saturated carbocycles. The van der Waals surface area contributed by atoms with E-state index in [9.17, 15) is 14.4 Å². The summed E-state index contributed by atoms with van der Waals surface area (Å²) >= 11 is 0. The molecule has 2 unspecified atom stereocenters. The Kier molecular flexibility index (Phi) is 7.19. The highest BCUT2D eigenvalue weighted by atomic mass is 16.4. The zero-order valence-electron chi connectivity index (χ0n) is 12.9. The van der Waals surface area contributed by atoms with Crippen LogP contribution in [0, 0.1) is 11.8 Å². The smallest absolute Gasteiger partial charge is 0.308 e. The summed E-state index contributed by atoms with van der Waals surface area (Å²) < 4.78 is 0. The van der Waals surface area contributed by atoms with E-state index < -0.39 is 17.9 Å². The Morgan fingerprint density at radius 1 is 1.14 bits per heavy atom. The molecule has 0 radical (unpaired) electrons. The molecule has 0 aromatic carbocycles. The molecule has 1 fully saturated rings. The van der Waals surface area contributed by atoms with Gasteiger partial charge in [0, 0.05) is 12.5 Å². The van der Waals surface area contributed by atoms with Crippen molar-refractivity contribution in [1.29, 1.82) is 0 Å². The molecule has 2 amide bonds. The number of rotatable bonds is 8. The van der Waals surface area contributed by atoms with Crippen LogP contribution in [0.5, 0.6) is 0 Å². The number of carboxylic acids is 1. The average molecular weight is 298 g/mol. The van der Waals surface area contributed by atoms with Gasteiger partial charge >= 0.3 is 5.97 Å². The number of nitrogens with one attached hydrogen (secondary N) is 2. The Morgan fingerprint density at radius 2 is 1.76 bits per heavy atom. The molecule has 0 aliphatic heterocycles. The minimum absolute atomic E-state index is 0.0970. The summed E-state index contributed by atoms with van der Waals surface area (Å²) in [7, 11) is 0. The van der Waals surface area contributed by atoms with E-state index in [0.717, 1.165) is 6.42 Å². The fraction of sp³-hybridized carbons (Fsp3) is 0.800. The third kappa shape index (κ3) is 6.60. The third-order valence-corrected chi connectivity index (χ3v) is 4.23. The van der Waals surface area contributed by atoms with E-state index in [2.05, 4.69) is 10.6 Å². The molecule has 1 aliphatic rings. The second-order valence-corrected chi connectivity index (χ2v) is 5.95. The van der Waals surface area contributed by atoms with Crippen molar-refractivity contribution in [1.82, 2.24) is 10.6 Å². The van der Waals surface area contributed by atoms with Crippen LogP contribution in [0.25, 0.3) is 0 Å². The Hall–Kier alpha value is -1.59. The van der Waals surface area contributed by atoms with Crippen molar-refractivity contribution in [2.45, 2.75) is 58.4 Å². The number of aliphatic carboxylic acids is 1. The monoisotopic (exact) mass is 298 g/mol. The Balaban J connectivity index is 2.16. The second kappa shape index (κ2) is 8.64. The van der Waals surface area contributed by atoms with E-state index in [4.69, 9.17) is 5.11 Å². The van der Waals surface area contributed by atoms with E-state index in [0.29, 0.717) is 12.3 Å². The maximum absolute atomic E-state index is 11.6. The standard InChI is InChI=1S/C15H26N2O4/c1-10(15(20)21)11(2)17-14(19)9-16-13(18)8-7-12-5-3-4-6-12/h10-12H,3-9H2,1-2H3,(H,16,18)(H,17,19)(H,20,21). The first-order chi connectivity index (χ1) is 9.90. The predicted octanol–water partition coefficient (Wildman–Crippen LogP) is 1.30. The lowest BCUT2D eigenvalue weighted by Gasteiger charge is -2.18.